The average Bonchev–Trinajstić information content (AvgIpc) is 2.73. The molecule has 1 heterocycles. The lowest BCUT2D eigenvalue weighted by molar-refractivity contribution is 0.0285. The standard InChI is InChI=1S/C16H23NO2/c1-15(2,3)19-14(18)17-11-10-16(4,12-17)13-8-6-5-7-9-13/h5-9H,10-12H2,1-4H3/t16-/m1/s1. The Labute approximate surface area is 115 Å². The molecule has 3 nitrogen and oxygen atoms in total. The molecule has 1 atom stereocenters. The summed E-state index contributed by atoms with van der Waals surface area (Å²) in [6.07, 6.45) is 0.781. The predicted molar refractivity (Wildman–Crippen MR) is 76.2 cm³/mol. The third-order valence-electron chi connectivity index (χ3n) is 3.60. The molecular weight excluding hydrogens is 238 g/mol. The second kappa shape index (κ2) is 4.87. The summed E-state index contributed by atoms with van der Waals surface area (Å²) >= 11 is 0. The molecule has 0 saturated carbocycles. The van der Waals surface area contributed by atoms with Crippen LogP contribution in [0.15, 0.2) is 30.3 Å². The van der Waals surface area contributed by atoms with Gasteiger partial charge in [-0.15, -0.1) is 0 Å². The Hall–Kier alpha value is -1.51. The zero-order valence-corrected chi connectivity index (χ0v) is 12.3. The van der Waals surface area contributed by atoms with Crippen LogP contribution in [0.2, 0.25) is 0 Å². The summed E-state index contributed by atoms with van der Waals surface area (Å²) in [4.78, 5) is 13.9. The normalized spacial score (nSPS) is 23.5. The fraction of sp³-hybridized carbons (Fsp3) is 0.562. The molecule has 2 rings (SSSR count). The van der Waals surface area contributed by atoms with Crippen LogP contribution in [-0.4, -0.2) is 29.7 Å². The van der Waals surface area contributed by atoms with Crippen molar-refractivity contribution in [2.24, 2.45) is 0 Å². The zero-order valence-electron chi connectivity index (χ0n) is 12.3. The molecule has 0 unspecified atom stereocenters. The molecule has 1 amide bonds. The lowest BCUT2D eigenvalue weighted by Crippen LogP contribution is -2.37. The number of likely N-dealkylation sites (tertiary alicyclic amines) is 1. The maximum Gasteiger partial charge on any atom is 0.410 e. The molecule has 0 radical (unpaired) electrons. The SMILES string of the molecule is CC(C)(C)OC(=O)N1CC[C@@](C)(c2ccccc2)C1. The Morgan fingerprint density at radius 2 is 1.89 bits per heavy atom. The van der Waals surface area contributed by atoms with Gasteiger partial charge in [0.2, 0.25) is 0 Å². The molecule has 1 aliphatic rings. The minimum Gasteiger partial charge on any atom is -0.444 e. The van der Waals surface area contributed by atoms with Crippen LogP contribution in [0.25, 0.3) is 0 Å². The highest BCUT2D eigenvalue weighted by Crippen LogP contribution is 2.34. The Morgan fingerprint density at radius 3 is 2.47 bits per heavy atom. The Bertz CT molecular complexity index is 450. The fourth-order valence-electron chi connectivity index (χ4n) is 2.52. The topological polar surface area (TPSA) is 29.5 Å². The Balaban J connectivity index is 2.06. The van der Waals surface area contributed by atoms with E-state index in [9.17, 15) is 4.79 Å². The van der Waals surface area contributed by atoms with Crippen molar-refractivity contribution in [2.75, 3.05) is 13.1 Å². The molecule has 1 aliphatic heterocycles. The van der Waals surface area contributed by atoms with E-state index in [1.165, 1.54) is 5.56 Å². The third-order valence-corrected chi connectivity index (χ3v) is 3.60. The highest BCUT2D eigenvalue weighted by atomic mass is 16.6. The fourth-order valence-corrected chi connectivity index (χ4v) is 2.52. The van der Waals surface area contributed by atoms with Gasteiger partial charge in [0.25, 0.3) is 0 Å². The van der Waals surface area contributed by atoms with Gasteiger partial charge in [0.1, 0.15) is 5.60 Å². The summed E-state index contributed by atoms with van der Waals surface area (Å²) < 4.78 is 5.44. The number of ether oxygens (including phenoxy) is 1. The second-order valence-corrected chi connectivity index (χ2v) is 6.58. The minimum absolute atomic E-state index is 0.0398. The summed E-state index contributed by atoms with van der Waals surface area (Å²) in [6.45, 7) is 9.41. The zero-order chi connectivity index (χ0) is 14.1. The number of benzene rings is 1. The van der Waals surface area contributed by atoms with Gasteiger partial charge in [0.05, 0.1) is 0 Å². The van der Waals surface area contributed by atoms with E-state index in [-0.39, 0.29) is 11.5 Å². The second-order valence-electron chi connectivity index (χ2n) is 6.58. The molecule has 1 aromatic carbocycles. The summed E-state index contributed by atoms with van der Waals surface area (Å²) in [5.41, 5.74) is 0.905. The van der Waals surface area contributed by atoms with Gasteiger partial charge >= 0.3 is 6.09 Å². The maximum atomic E-state index is 12.1. The molecule has 19 heavy (non-hydrogen) atoms. The van der Waals surface area contributed by atoms with E-state index in [1.54, 1.807) is 0 Å². The molecular formula is C16H23NO2. The Kier molecular flexibility index (Phi) is 3.57. The van der Waals surface area contributed by atoms with Gasteiger partial charge in [-0.1, -0.05) is 37.3 Å². The molecule has 0 aliphatic carbocycles. The summed E-state index contributed by atoms with van der Waals surface area (Å²) in [7, 11) is 0. The van der Waals surface area contributed by atoms with Gasteiger partial charge in [-0.25, -0.2) is 4.79 Å². The molecule has 3 heteroatoms. The van der Waals surface area contributed by atoms with Crippen LogP contribution in [0.4, 0.5) is 4.79 Å². The summed E-state index contributed by atoms with van der Waals surface area (Å²) in [6, 6.07) is 10.4. The van der Waals surface area contributed by atoms with Gasteiger partial charge in [0, 0.05) is 18.5 Å². The highest BCUT2D eigenvalue weighted by Gasteiger charge is 2.38. The van der Waals surface area contributed by atoms with E-state index in [4.69, 9.17) is 4.74 Å². The quantitative estimate of drug-likeness (QED) is 0.773. The van der Waals surface area contributed by atoms with Gasteiger partial charge in [0.15, 0.2) is 0 Å². The third kappa shape index (κ3) is 3.28. The molecule has 0 spiro atoms. The Morgan fingerprint density at radius 1 is 1.26 bits per heavy atom. The molecule has 0 aromatic heterocycles. The van der Waals surface area contributed by atoms with Gasteiger partial charge in [-0.05, 0) is 32.8 Å². The number of amides is 1. The predicted octanol–water partition coefficient (Wildman–Crippen LogP) is 3.59. The van der Waals surface area contributed by atoms with E-state index >= 15 is 0 Å². The van der Waals surface area contributed by atoms with Gasteiger partial charge in [-0.3, -0.25) is 0 Å². The van der Waals surface area contributed by atoms with Crippen LogP contribution >= 0.6 is 0 Å². The number of rotatable bonds is 1. The number of hydrogen-bond acceptors (Lipinski definition) is 2. The van der Waals surface area contributed by atoms with Crippen molar-refractivity contribution in [3.8, 4) is 0 Å². The van der Waals surface area contributed by atoms with Crippen molar-refractivity contribution in [3.63, 3.8) is 0 Å². The maximum absolute atomic E-state index is 12.1. The van der Waals surface area contributed by atoms with Crippen molar-refractivity contribution in [1.29, 1.82) is 0 Å². The molecule has 0 bridgehead atoms. The van der Waals surface area contributed by atoms with E-state index in [2.05, 4.69) is 31.2 Å². The van der Waals surface area contributed by atoms with Crippen molar-refractivity contribution >= 4 is 6.09 Å². The van der Waals surface area contributed by atoms with E-state index in [0.717, 1.165) is 19.5 Å². The van der Waals surface area contributed by atoms with Gasteiger partial charge in [-0.2, -0.15) is 0 Å². The number of carbonyl (C=O) groups excluding carboxylic acids is 1. The lowest BCUT2D eigenvalue weighted by Gasteiger charge is -2.27. The average molecular weight is 261 g/mol. The monoisotopic (exact) mass is 261 g/mol. The first-order chi connectivity index (χ1) is 8.80. The highest BCUT2D eigenvalue weighted by molar-refractivity contribution is 5.69. The van der Waals surface area contributed by atoms with Crippen molar-refractivity contribution in [1.82, 2.24) is 4.90 Å². The molecule has 1 fully saturated rings. The first-order valence-electron chi connectivity index (χ1n) is 6.84. The molecule has 1 saturated heterocycles. The molecule has 104 valence electrons. The van der Waals surface area contributed by atoms with Crippen LogP contribution in [0.1, 0.15) is 39.7 Å². The lowest BCUT2D eigenvalue weighted by atomic mass is 9.82. The number of hydrogen-bond donors (Lipinski definition) is 0. The van der Waals surface area contributed by atoms with Crippen LogP contribution in [0.3, 0.4) is 0 Å². The number of carbonyl (C=O) groups is 1. The summed E-state index contributed by atoms with van der Waals surface area (Å²) in [5, 5.41) is 0. The van der Waals surface area contributed by atoms with Crippen LogP contribution in [0, 0.1) is 0 Å². The first-order valence-corrected chi connectivity index (χ1v) is 6.84. The van der Waals surface area contributed by atoms with Crippen molar-refractivity contribution in [3.05, 3.63) is 35.9 Å². The smallest absolute Gasteiger partial charge is 0.410 e. The van der Waals surface area contributed by atoms with Gasteiger partial charge < -0.3 is 9.64 Å². The summed E-state index contributed by atoms with van der Waals surface area (Å²) in [5.74, 6) is 0. The molecule has 1 aromatic rings. The van der Waals surface area contributed by atoms with Crippen molar-refractivity contribution in [2.45, 2.75) is 45.1 Å². The van der Waals surface area contributed by atoms with Crippen molar-refractivity contribution < 1.29 is 9.53 Å². The van der Waals surface area contributed by atoms with Crippen LogP contribution < -0.4 is 0 Å². The van der Waals surface area contributed by atoms with Crippen LogP contribution in [-0.2, 0) is 10.2 Å². The van der Waals surface area contributed by atoms with Crippen LogP contribution in [0.5, 0.6) is 0 Å². The van der Waals surface area contributed by atoms with E-state index < -0.39 is 5.60 Å². The minimum atomic E-state index is -0.428. The van der Waals surface area contributed by atoms with E-state index in [0.29, 0.717) is 0 Å². The molecule has 0 N–H and O–H groups in total. The first kappa shape index (κ1) is 13.9. The van der Waals surface area contributed by atoms with E-state index in [1.807, 2.05) is 31.7 Å². The largest absolute Gasteiger partial charge is 0.444 e. The number of nitrogens with zero attached hydrogens (tertiary/aromatic N) is 1.